The van der Waals surface area contributed by atoms with Crippen molar-refractivity contribution in [2.75, 3.05) is 13.1 Å². The van der Waals surface area contributed by atoms with Crippen molar-refractivity contribution in [1.82, 2.24) is 5.01 Å². The third-order valence-electron chi connectivity index (χ3n) is 1.89. The van der Waals surface area contributed by atoms with Crippen molar-refractivity contribution in [3.05, 3.63) is 0 Å². The molecule has 1 aliphatic rings. The summed E-state index contributed by atoms with van der Waals surface area (Å²) in [6.07, 6.45) is 2.58. The molecule has 0 aromatic heterocycles. The molecular formula is C6H14N2. The van der Waals surface area contributed by atoms with Crippen LogP contribution in [0.5, 0.6) is 0 Å². The van der Waals surface area contributed by atoms with Crippen LogP contribution in [-0.2, 0) is 0 Å². The normalized spacial score (nSPS) is 31.5. The molecule has 2 N–H and O–H groups in total. The smallest absolute Gasteiger partial charge is 0.0157 e. The van der Waals surface area contributed by atoms with Gasteiger partial charge in [0.25, 0.3) is 0 Å². The molecule has 1 unspecified atom stereocenters. The van der Waals surface area contributed by atoms with Crippen molar-refractivity contribution < 1.29 is 0 Å². The molecule has 1 atom stereocenters. The van der Waals surface area contributed by atoms with Gasteiger partial charge in [-0.1, -0.05) is 13.3 Å². The maximum Gasteiger partial charge on any atom is 0.0157 e. The maximum atomic E-state index is 5.53. The van der Waals surface area contributed by atoms with Gasteiger partial charge in [0, 0.05) is 13.1 Å². The van der Waals surface area contributed by atoms with Gasteiger partial charge < -0.3 is 0 Å². The zero-order chi connectivity index (χ0) is 5.98. The minimum Gasteiger partial charge on any atom is -0.269 e. The summed E-state index contributed by atoms with van der Waals surface area (Å²) in [4.78, 5) is 0. The van der Waals surface area contributed by atoms with Crippen LogP contribution in [0.15, 0.2) is 0 Å². The standard InChI is InChI=1S/C6H14N2/c1-2-6-3-4-8(7)5-6/h6H,2-5,7H2,1H3. The summed E-state index contributed by atoms with van der Waals surface area (Å²) in [7, 11) is 0. The number of hydrazine groups is 1. The summed E-state index contributed by atoms with van der Waals surface area (Å²) >= 11 is 0. The molecule has 0 radical (unpaired) electrons. The Kier molecular flexibility index (Phi) is 1.86. The maximum absolute atomic E-state index is 5.53. The van der Waals surface area contributed by atoms with Crippen LogP contribution >= 0.6 is 0 Å². The fourth-order valence-electron chi connectivity index (χ4n) is 1.20. The summed E-state index contributed by atoms with van der Waals surface area (Å²) in [6.45, 7) is 4.43. The molecule has 0 amide bonds. The van der Waals surface area contributed by atoms with Crippen LogP contribution in [0.25, 0.3) is 0 Å². The van der Waals surface area contributed by atoms with Gasteiger partial charge in [0.2, 0.25) is 0 Å². The average molecular weight is 114 g/mol. The summed E-state index contributed by atoms with van der Waals surface area (Å²) in [5.41, 5.74) is 0. The monoisotopic (exact) mass is 114 g/mol. The van der Waals surface area contributed by atoms with E-state index in [4.69, 9.17) is 5.84 Å². The summed E-state index contributed by atoms with van der Waals surface area (Å²) < 4.78 is 0. The van der Waals surface area contributed by atoms with Crippen molar-refractivity contribution in [2.24, 2.45) is 11.8 Å². The lowest BCUT2D eigenvalue weighted by Crippen LogP contribution is -2.27. The Morgan fingerprint density at radius 3 is 2.75 bits per heavy atom. The molecule has 1 fully saturated rings. The lowest BCUT2D eigenvalue weighted by Gasteiger charge is -2.05. The topological polar surface area (TPSA) is 29.3 Å². The van der Waals surface area contributed by atoms with E-state index < -0.39 is 0 Å². The SMILES string of the molecule is CCC1CCN(N)C1. The molecule has 1 saturated heterocycles. The van der Waals surface area contributed by atoms with Gasteiger partial charge in [0.05, 0.1) is 0 Å². The predicted molar refractivity (Wildman–Crippen MR) is 34.2 cm³/mol. The van der Waals surface area contributed by atoms with E-state index in [1.807, 2.05) is 5.01 Å². The fourth-order valence-corrected chi connectivity index (χ4v) is 1.20. The molecule has 0 aromatic carbocycles. The fraction of sp³-hybridized carbons (Fsp3) is 1.00. The van der Waals surface area contributed by atoms with Crippen molar-refractivity contribution in [2.45, 2.75) is 19.8 Å². The molecule has 0 aromatic rings. The van der Waals surface area contributed by atoms with Crippen LogP contribution in [0.3, 0.4) is 0 Å². The van der Waals surface area contributed by atoms with E-state index in [0.29, 0.717) is 0 Å². The summed E-state index contributed by atoms with van der Waals surface area (Å²) in [5.74, 6) is 6.41. The van der Waals surface area contributed by atoms with E-state index in [2.05, 4.69) is 6.92 Å². The lowest BCUT2D eigenvalue weighted by atomic mass is 10.1. The van der Waals surface area contributed by atoms with Crippen molar-refractivity contribution in [3.63, 3.8) is 0 Å². The minimum absolute atomic E-state index is 0.875. The van der Waals surface area contributed by atoms with Gasteiger partial charge >= 0.3 is 0 Å². The predicted octanol–water partition coefficient (Wildman–Crippen LogP) is 0.592. The third kappa shape index (κ3) is 1.20. The van der Waals surface area contributed by atoms with Crippen molar-refractivity contribution >= 4 is 0 Å². The Morgan fingerprint density at radius 1 is 1.75 bits per heavy atom. The second-order valence-corrected chi connectivity index (χ2v) is 2.56. The second kappa shape index (κ2) is 2.46. The van der Waals surface area contributed by atoms with Crippen LogP contribution in [-0.4, -0.2) is 18.1 Å². The van der Waals surface area contributed by atoms with Gasteiger partial charge in [0.1, 0.15) is 0 Å². The quantitative estimate of drug-likeness (QED) is 0.505. The number of hydrogen-bond donors (Lipinski definition) is 1. The number of nitrogens with two attached hydrogens (primary N) is 1. The molecule has 0 spiro atoms. The van der Waals surface area contributed by atoms with Gasteiger partial charge in [0.15, 0.2) is 0 Å². The Balaban J connectivity index is 2.22. The first-order valence-corrected chi connectivity index (χ1v) is 3.32. The van der Waals surface area contributed by atoms with Gasteiger partial charge in [-0.05, 0) is 12.3 Å². The highest BCUT2D eigenvalue weighted by Gasteiger charge is 2.16. The molecule has 1 aliphatic heterocycles. The molecule has 1 rings (SSSR count). The molecule has 2 heteroatoms. The highest BCUT2D eigenvalue weighted by atomic mass is 15.4. The average Bonchev–Trinajstić information content (AvgIpc) is 2.14. The van der Waals surface area contributed by atoms with Gasteiger partial charge in [-0.2, -0.15) is 0 Å². The van der Waals surface area contributed by atoms with Gasteiger partial charge in [-0.15, -0.1) is 0 Å². The van der Waals surface area contributed by atoms with E-state index in [0.717, 1.165) is 19.0 Å². The van der Waals surface area contributed by atoms with Crippen LogP contribution in [0.2, 0.25) is 0 Å². The molecular weight excluding hydrogens is 100 g/mol. The van der Waals surface area contributed by atoms with E-state index in [-0.39, 0.29) is 0 Å². The highest BCUT2D eigenvalue weighted by molar-refractivity contribution is 4.69. The van der Waals surface area contributed by atoms with E-state index in [1.165, 1.54) is 12.8 Å². The first-order chi connectivity index (χ1) is 3.83. The summed E-state index contributed by atoms with van der Waals surface area (Å²) in [6, 6.07) is 0. The van der Waals surface area contributed by atoms with Gasteiger partial charge in [-0.25, -0.2) is 5.01 Å². The Hall–Kier alpha value is -0.0800. The van der Waals surface area contributed by atoms with E-state index in [1.54, 1.807) is 0 Å². The molecule has 8 heavy (non-hydrogen) atoms. The molecule has 48 valence electrons. The Labute approximate surface area is 50.6 Å². The zero-order valence-corrected chi connectivity index (χ0v) is 5.43. The third-order valence-corrected chi connectivity index (χ3v) is 1.89. The van der Waals surface area contributed by atoms with Crippen LogP contribution in [0.4, 0.5) is 0 Å². The number of hydrogen-bond acceptors (Lipinski definition) is 2. The molecule has 0 saturated carbocycles. The first-order valence-electron chi connectivity index (χ1n) is 3.32. The largest absolute Gasteiger partial charge is 0.269 e. The van der Waals surface area contributed by atoms with Crippen molar-refractivity contribution in [3.8, 4) is 0 Å². The summed E-state index contributed by atoms with van der Waals surface area (Å²) in [5, 5.41) is 1.91. The Bertz CT molecular complexity index is 72.9. The van der Waals surface area contributed by atoms with Gasteiger partial charge in [-0.3, -0.25) is 5.84 Å². The lowest BCUT2D eigenvalue weighted by molar-refractivity contribution is 0.336. The molecule has 0 bridgehead atoms. The van der Waals surface area contributed by atoms with Crippen LogP contribution in [0, 0.1) is 5.92 Å². The number of nitrogens with zero attached hydrogens (tertiary/aromatic N) is 1. The number of rotatable bonds is 1. The molecule has 1 heterocycles. The molecule has 0 aliphatic carbocycles. The van der Waals surface area contributed by atoms with Crippen LogP contribution in [0.1, 0.15) is 19.8 Å². The first kappa shape index (κ1) is 6.05. The highest BCUT2D eigenvalue weighted by Crippen LogP contribution is 2.15. The molecule has 2 nitrogen and oxygen atoms in total. The minimum atomic E-state index is 0.875. The Morgan fingerprint density at radius 2 is 2.50 bits per heavy atom. The van der Waals surface area contributed by atoms with Crippen LogP contribution < -0.4 is 5.84 Å². The van der Waals surface area contributed by atoms with E-state index >= 15 is 0 Å². The zero-order valence-electron chi connectivity index (χ0n) is 5.43. The second-order valence-electron chi connectivity index (χ2n) is 2.56. The van der Waals surface area contributed by atoms with E-state index in [9.17, 15) is 0 Å². The van der Waals surface area contributed by atoms with Crippen molar-refractivity contribution in [1.29, 1.82) is 0 Å².